The second-order valence-electron chi connectivity index (χ2n) is 5.96. The molecule has 0 radical (unpaired) electrons. The standard InChI is InChI=1S/C19H10ClF3N4O4/c20-11-3-4-13(31-19(21,22)23)12(9-11)16(28)25-15-8-10(5-6-24-15)17-26-27-18(30-17)14-2-1-7-29-14/h1-9H,(H,24,25,28). The van der Waals surface area contributed by atoms with Crippen LogP contribution in [0.25, 0.3) is 23.1 Å². The molecule has 0 saturated heterocycles. The van der Waals surface area contributed by atoms with Gasteiger partial charge in [0.2, 0.25) is 5.89 Å². The second kappa shape index (κ2) is 8.11. The van der Waals surface area contributed by atoms with Crippen LogP contribution in [0, 0.1) is 0 Å². The molecule has 1 amide bonds. The number of carbonyl (C=O) groups excluding carboxylic acids is 1. The maximum Gasteiger partial charge on any atom is 0.573 e. The molecular formula is C19H10ClF3N4O4. The summed E-state index contributed by atoms with van der Waals surface area (Å²) in [4.78, 5) is 16.5. The quantitative estimate of drug-likeness (QED) is 0.446. The van der Waals surface area contributed by atoms with Crippen LogP contribution in [0.1, 0.15) is 10.4 Å². The molecule has 0 fully saturated rings. The van der Waals surface area contributed by atoms with Crippen LogP contribution in [-0.4, -0.2) is 27.5 Å². The third-order valence-corrected chi connectivity index (χ3v) is 4.05. The van der Waals surface area contributed by atoms with E-state index in [9.17, 15) is 18.0 Å². The summed E-state index contributed by atoms with van der Waals surface area (Å²) in [7, 11) is 0. The minimum absolute atomic E-state index is 0.0261. The number of hydrogen-bond donors (Lipinski definition) is 1. The summed E-state index contributed by atoms with van der Waals surface area (Å²) >= 11 is 5.82. The van der Waals surface area contributed by atoms with Crippen LogP contribution in [0.5, 0.6) is 5.75 Å². The highest BCUT2D eigenvalue weighted by Crippen LogP contribution is 2.30. The van der Waals surface area contributed by atoms with Gasteiger partial charge in [0.1, 0.15) is 11.6 Å². The van der Waals surface area contributed by atoms with E-state index in [-0.39, 0.29) is 22.6 Å². The van der Waals surface area contributed by atoms with Crippen molar-refractivity contribution in [2.45, 2.75) is 6.36 Å². The fourth-order valence-corrected chi connectivity index (χ4v) is 2.72. The van der Waals surface area contributed by atoms with Gasteiger partial charge in [-0.1, -0.05) is 11.6 Å². The Kier molecular flexibility index (Phi) is 5.34. The molecule has 0 bridgehead atoms. The van der Waals surface area contributed by atoms with Gasteiger partial charge in [-0.2, -0.15) is 0 Å². The summed E-state index contributed by atoms with van der Waals surface area (Å²) in [5.41, 5.74) is -0.0108. The number of aromatic nitrogens is 3. The molecule has 4 rings (SSSR count). The number of alkyl halides is 3. The minimum Gasteiger partial charge on any atom is -0.459 e. The Balaban J connectivity index is 1.57. The third kappa shape index (κ3) is 4.83. The van der Waals surface area contributed by atoms with Crippen molar-refractivity contribution in [3.05, 3.63) is 65.5 Å². The van der Waals surface area contributed by atoms with Crippen molar-refractivity contribution in [3.63, 3.8) is 0 Å². The summed E-state index contributed by atoms with van der Waals surface area (Å²) in [5, 5.41) is 10.2. The third-order valence-electron chi connectivity index (χ3n) is 3.82. The first-order valence-corrected chi connectivity index (χ1v) is 8.87. The van der Waals surface area contributed by atoms with E-state index >= 15 is 0 Å². The topological polar surface area (TPSA) is 103 Å². The highest BCUT2D eigenvalue weighted by atomic mass is 35.5. The Morgan fingerprint density at radius 2 is 1.90 bits per heavy atom. The average molecular weight is 451 g/mol. The molecule has 0 aliphatic carbocycles. The Hall–Kier alpha value is -3.86. The lowest BCUT2D eigenvalue weighted by molar-refractivity contribution is -0.274. The maximum atomic E-state index is 12.6. The van der Waals surface area contributed by atoms with Crippen LogP contribution in [0.4, 0.5) is 19.0 Å². The van der Waals surface area contributed by atoms with Crippen molar-refractivity contribution in [3.8, 4) is 28.9 Å². The van der Waals surface area contributed by atoms with Crippen LogP contribution >= 0.6 is 11.6 Å². The van der Waals surface area contributed by atoms with Gasteiger partial charge in [-0.05, 0) is 42.5 Å². The molecule has 3 heterocycles. The van der Waals surface area contributed by atoms with Crippen LogP contribution in [0.3, 0.4) is 0 Å². The molecule has 0 unspecified atom stereocenters. The number of carbonyl (C=O) groups is 1. The van der Waals surface area contributed by atoms with E-state index < -0.39 is 23.6 Å². The van der Waals surface area contributed by atoms with Gasteiger partial charge in [0.25, 0.3) is 11.8 Å². The molecular weight excluding hydrogens is 441 g/mol. The lowest BCUT2D eigenvalue weighted by atomic mass is 10.2. The van der Waals surface area contributed by atoms with Crippen LogP contribution in [0.15, 0.2) is 63.8 Å². The van der Waals surface area contributed by atoms with Crippen LogP contribution in [0.2, 0.25) is 5.02 Å². The largest absolute Gasteiger partial charge is 0.573 e. The van der Waals surface area contributed by atoms with Gasteiger partial charge in [0.05, 0.1) is 11.8 Å². The first-order chi connectivity index (χ1) is 14.8. The van der Waals surface area contributed by atoms with Gasteiger partial charge in [-0.25, -0.2) is 4.98 Å². The number of furan rings is 1. The number of nitrogens with zero attached hydrogens (tertiary/aromatic N) is 3. The number of halogens is 4. The van der Waals surface area contributed by atoms with E-state index in [0.717, 1.165) is 12.1 Å². The molecule has 1 N–H and O–H groups in total. The molecule has 0 atom stereocenters. The lowest BCUT2D eigenvalue weighted by Gasteiger charge is -2.13. The van der Waals surface area contributed by atoms with Crippen LogP contribution < -0.4 is 10.1 Å². The lowest BCUT2D eigenvalue weighted by Crippen LogP contribution is -2.21. The number of pyridine rings is 1. The average Bonchev–Trinajstić information content (AvgIpc) is 3.40. The zero-order chi connectivity index (χ0) is 22.0. The number of hydrogen-bond acceptors (Lipinski definition) is 7. The fourth-order valence-electron chi connectivity index (χ4n) is 2.55. The molecule has 1 aromatic carbocycles. The predicted molar refractivity (Wildman–Crippen MR) is 101 cm³/mol. The molecule has 0 aliphatic heterocycles. The normalized spacial score (nSPS) is 11.4. The van der Waals surface area contributed by atoms with E-state index in [1.165, 1.54) is 24.6 Å². The molecule has 0 aliphatic rings. The fraction of sp³-hybridized carbons (Fsp3) is 0.0526. The van der Waals surface area contributed by atoms with E-state index in [1.807, 2.05) is 0 Å². The van der Waals surface area contributed by atoms with Gasteiger partial charge >= 0.3 is 6.36 Å². The van der Waals surface area contributed by atoms with E-state index in [4.69, 9.17) is 20.4 Å². The summed E-state index contributed by atoms with van der Waals surface area (Å²) in [6, 6.07) is 9.43. The number of ether oxygens (including phenoxy) is 1. The van der Waals surface area contributed by atoms with E-state index in [1.54, 1.807) is 18.2 Å². The van der Waals surface area contributed by atoms with Crippen molar-refractivity contribution >= 4 is 23.3 Å². The Morgan fingerprint density at radius 3 is 2.65 bits per heavy atom. The zero-order valence-corrected chi connectivity index (χ0v) is 15.9. The van der Waals surface area contributed by atoms with Crippen molar-refractivity contribution < 1.29 is 31.5 Å². The SMILES string of the molecule is O=C(Nc1cc(-c2nnc(-c3ccco3)o2)ccn1)c1cc(Cl)ccc1OC(F)(F)F. The molecule has 12 heteroatoms. The first-order valence-electron chi connectivity index (χ1n) is 8.49. The number of benzene rings is 1. The maximum absolute atomic E-state index is 12.6. The predicted octanol–water partition coefficient (Wildman–Crippen LogP) is 5.20. The van der Waals surface area contributed by atoms with Gasteiger partial charge in [0, 0.05) is 16.8 Å². The molecule has 8 nitrogen and oxygen atoms in total. The second-order valence-corrected chi connectivity index (χ2v) is 6.40. The van der Waals surface area contributed by atoms with E-state index in [2.05, 4.69) is 25.2 Å². The number of nitrogens with one attached hydrogen (secondary N) is 1. The molecule has 3 aromatic heterocycles. The van der Waals surface area contributed by atoms with Gasteiger partial charge in [-0.15, -0.1) is 23.4 Å². The van der Waals surface area contributed by atoms with E-state index in [0.29, 0.717) is 11.3 Å². The summed E-state index contributed by atoms with van der Waals surface area (Å²) in [5.74, 6) is -0.945. The number of amides is 1. The van der Waals surface area contributed by atoms with Gasteiger partial charge in [-0.3, -0.25) is 4.79 Å². The minimum atomic E-state index is -4.98. The first kappa shape index (κ1) is 20.4. The molecule has 0 spiro atoms. The number of anilines is 1. The summed E-state index contributed by atoms with van der Waals surface area (Å²) < 4.78 is 52.5. The van der Waals surface area contributed by atoms with Crippen LogP contribution in [-0.2, 0) is 0 Å². The van der Waals surface area contributed by atoms with Gasteiger partial charge in [0.15, 0.2) is 5.76 Å². The zero-order valence-electron chi connectivity index (χ0n) is 15.2. The highest BCUT2D eigenvalue weighted by molar-refractivity contribution is 6.31. The molecule has 4 aromatic rings. The van der Waals surface area contributed by atoms with Crippen molar-refractivity contribution in [2.75, 3.05) is 5.32 Å². The molecule has 31 heavy (non-hydrogen) atoms. The Labute approximate surface area is 176 Å². The van der Waals surface area contributed by atoms with Crippen molar-refractivity contribution in [1.82, 2.24) is 15.2 Å². The summed E-state index contributed by atoms with van der Waals surface area (Å²) in [6.07, 6.45) is -2.18. The van der Waals surface area contributed by atoms with Crippen molar-refractivity contribution in [2.24, 2.45) is 0 Å². The summed E-state index contributed by atoms with van der Waals surface area (Å²) in [6.45, 7) is 0. The monoisotopic (exact) mass is 450 g/mol. The molecule has 0 saturated carbocycles. The highest BCUT2D eigenvalue weighted by Gasteiger charge is 2.33. The molecule has 158 valence electrons. The number of rotatable bonds is 5. The Bertz CT molecular complexity index is 1230. The Morgan fingerprint density at radius 1 is 1.10 bits per heavy atom. The van der Waals surface area contributed by atoms with Crippen molar-refractivity contribution in [1.29, 1.82) is 0 Å². The van der Waals surface area contributed by atoms with Gasteiger partial charge < -0.3 is 18.9 Å². The smallest absolute Gasteiger partial charge is 0.459 e.